The van der Waals surface area contributed by atoms with E-state index in [0.717, 1.165) is 12.1 Å². The predicted octanol–water partition coefficient (Wildman–Crippen LogP) is 3.17. The summed E-state index contributed by atoms with van der Waals surface area (Å²) in [5.41, 5.74) is 5.37. The van der Waals surface area contributed by atoms with E-state index in [4.69, 9.17) is 5.73 Å². The van der Waals surface area contributed by atoms with Gasteiger partial charge in [0.15, 0.2) is 0 Å². The van der Waals surface area contributed by atoms with E-state index < -0.39 is 23.8 Å². The number of hydrogen-bond donors (Lipinski definition) is 2. The molecule has 6 heteroatoms. The number of nitrogens with two attached hydrogens (primary N) is 1. The first kappa shape index (κ1) is 16.8. The van der Waals surface area contributed by atoms with Crippen LogP contribution in [0.4, 0.5) is 8.78 Å². The van der Waals surface area contributed by atoms with Crippen LogP contribution in [0.2, 0.25) is 0 Å². The van der Waals surface area contributed by atoms with Gasteiger partial charge in [-0.05, 0) is 18.1 Å². The van der Waals surface area contributed by atoms with Gasteiger partial charge in [0.2, 0.25) is 0 Å². The fraction of sp³-hybridized carbons (Fsp3) is 0.455. The van der Waals surface area contributed by atoms with Gasteiger partial charge < -0.3 is 10.8 Å². The Bertz CT molecular complexity index is 367. The van der Waals surface area contributed by atoms with Gasteiger partial charge in [0, 0.05) is 10.0 Å². The van der Waals surface area contributed by atoms with Crippen LogP contribution in [0.5, 0.6) is 0 Å². The Morgan fingerprint density at radius 2 is 1.65 bits per heavy atom. The molecule has 1 aromatic carbocycles. The van der Waals surface area contributed by atoms with Crippen molar-refractivity contribution in [3.63, 3.8) is 0 Å². The van der Waals surface area contributed by atoms with E-state index in [1.165, 1.54) is 0 Å². The fourth-order valence-corrected chi connectivity index (χ4v) is 1.86. The largest absolute Gasteiger partial charge is 0.391 e. The first-order chi connectivity index (χ1) is 7.34. The maximum Gasteiger partial charge on any atom is 0.132 e. The zero-order chi connectivity index (χ0) is 12.5. The lowest BCUT2D eigenvalue weighted by molar-refractivity contribution is 0.0952. The molecule has 0 amide bonds. The highest BCUT2D eigenvalue weighted by Crippen LogP contribution is 2.27. The van der Waals surface area contributed by atoms with Gasteiger partial charge in [-0.25, -0.2) is 8.78 Å². The molecule has 98 valence electrons. The van der Waals surface area contributed by atoms with Crippen molar-refractivity contribution in [3.05, 3.63) is 33.8 Å². The lowest BCUT2D eigenvalue weighted by atomic mass is 9.94. The van der Waals surface area contributed by atoms with E-state index >= 15 is 0 Å². The van der Waals surface area contributed by atoms with Crippen molar-refractivity contribution >= 4 is 28.3 Å². The van der Waals surface area contributed by atoms with Crippen LogP contribution < -0.4 is 5.73 Å². The second-order valence-corrected chi connectivity index (χ2v) is 4.96. The number of rotatable bonds is 3. The van der Waals surface area contributed by atoms with Crippen molar-refractivity contribution in [2.45, 2.75) is 26.0 Å². The summed E-state index contributed by atoms with van der Waals surface area (Å²) in [4.78, 5) is 0. The average molecular weight is 331 g/mol. The molecule has 0 saturated carbocycles. The summed E-state index contributed by atoms with van der Waals surface area (Å²) in [5, 5.41) is 9.70. The highest BCUT2D eigenvalue weighted by molar-refractivity contribution is 9.10. The second kappa shape index (κ2) is 6.64. The lowest BCUT2D eigenvalue weighted by Gasteiger charge is -2.23. The topological polar surface area (TPSA) is 46.2 Å². The van der Waals surface area contributed by atoms with Gasteiger partial charge in [-0.15, -0.1) is 12.4 Å². The summed E-state index contributed by atoms with van der Waals surface area (Å²) in [7, 11) is 0. The first-order valence-electron chi connectivity index (χ1n) is 4.92. The zero-order valence-electron chi connectivity index (χ0n) is 9.45. The molecule has 3 N–H and O–H groups in total. The van der Waals surface area contributed by atoms with Gasteiger partial charge in [-0.3, -0.25) is 0 Å². The summed E-state index contributed by atoms with van der Waals surface area (Å²) in [6.45, 7) is 3.47. The van der Waals surface area contributed by atoms with Gasteiger partial charge in [0.1, 0.15) is 11.6 Å². The number of hydrogen-bond acceptors (Lipinski definition) is 2. The normalized spacial score (nSPS) is 14.4. The molecule has 0 saturated heterocycles. The Morgan fingerprint density at radius 1 is 1.24 bits per heavy atom. The van der Waals surface area contributed by atoms with E-state index in [1.54, 1.807) is 13.8 Å². The predicted molar refractivity (Wildman–Crippen MR) is 69.1 cm³/mol. The second-order valence-electron chi connectivity index (χ2n) is 4.04. The maximum absolute atomic E-state index is 13.5. The minimum atomic E-state index is -1.06. The van der Waals surface area contributed by atoms with Gasteiger partial charge in [0.05, 0.1) is 12.1 Å². The van der Waals surface area contributed by atoms with Crippen LogP contribution in [0, 0.1) is 17.6 Å². The Labute approximate surface area is 114 Å². The maximum atomic E-state index is 13.5. The third kappa shape index (κ3) is 3.88. The minimum absolute atomic E-state index is 0. The summed E-state index contributed by atoms with van der Waals surface area (Å²) in [6.07, 6.45) is -0.981. The molecule has 0 aliphatic rings. The van der Waals surface area contributed by atoms with Crippen LogP contribution in [0.1, 0.15) is 25.5 Å². The van der Waals surface area contributed by atoms with E-state index in [9.17, 15) is 13.9 Å². The molecule has 0 aliphatic carbocycles. The molecule has 0 aromatic heterocycles. The van der Waals surface area contributed by atoms with Gasteiger partial charge in [-0.1, -0.05) is 29.8 Å². The van der Waals surface area contributed by atoms with Crippen LogP contribution in [0.25, 0.3) is 0 Å². The van der Waals surface area contributed by atoms with Gasteiger partial charge in [0.25, 0.3) is 0 Å². The Morgan fingerprint density at radius 3 is 2.00 bits per heavy atom. The van der Waals surface area contributed by atoms with Gasteiger partial charge >= 0.3 is 0 Å². The molecule has 0 bridgehead atoms. The molecular weight excluding hydrogens is 315 g/mol. The monoisotopic (exact) mass is 329 g/mol. The SMILES string of the molecule is CC(C)[C@@H](O)[C@@H](N)c1c(F)cc(Br)cc1F.Cl. The average Bonchev–Trinajstić information content (AvgIpc) is 2.14. The van der Waals surface area contributed by atoms with E-state index in [0.29, 0.717) is 4.47 Å². The van der Waals surface area contributed by atoms with Crippen molar-refractivity contribution in [3.8, 4) is 0 Å². The van der Waals surface area contributed by atoms with Crippen molar-refractivity contribution in [2.75, 3.05) is 0 Å². The third-order valence-corrected chi connectivity index (χ3v) is 2.89. The molecule has 0 unspecified atom stereocenters. The first-order valence-corrected chi connectivity index (χ1v) is 5.72. The Hall–Kier alpha value is -0.230. The van der Waals surface area contributed by atoms with Crippen LogP contribution in [-0.2, 0) is 0 Å². The summed E-state index contributed by atoms with van der Waals surface area (Å²) < 4.78 is 27.4. The molecular formula is C11H15BrClF2NO. The number of halogens is 4. The summed E-state index contributed by atoms with van der Waals surface area (Å²) in [6, 6.07) is 1.20. The van der Waals surface area contributed by atoms with Crippen LogP contribution in [-0.4, -0.2) is 11.2 Å². The zero-order valence-corrected chi connectivity index (χ0v) is 11.9. The molecule has 0 heterocycles. The smallest absolute Gasteiger partial charge is 0.132 e. The molecule has 2 nitrogen and oxygen atoms in total. The Balaban J connectivity index is 0.00000256. The molecule has 1 rings (SSSR count). The van der Waals surface area contributed by atoms with Crippen molar-refractivity contribution in [1.82, 2.24) is 0 Å². The highest BCUT2D eigenvalue weighted by atomic mass is 79.9. The molecule has 2 atom stereocenters. The fourth-order valence-electron chi connectivity index (χ4n) is 1.46. The summed E-state index contributed by atoms with van der Waals surface area (Å²) in [5.74, 6) is -1.67. The summed E-state index contributed by atoms with van der Waals surface area (Å²) >= 11 is 2.98. The molecule has 17 heavy (non-hydrogen) atoms. The third-order valence-electron chi connectivity index (χ3n) is 2.43. The number of benzene rings is 1. The Kier molecular flexibility index (Phi) is 6.55. The molecule has 0 aliphatic heterocycles. The van der Waals surface area contributed by atoms with Crippen molar-refractivity contribution in [2.24, 2.45) is 11.7 Å². The van der Waals surface area contributed by atoms with Crippen LogP contribution in [0.15, 0.2) is 16.6 Å². The molecule has 0 fully saturated rings. The van der Waals surface area contributed by atoms with Crippen LogP contribution >= 0.6 is 28.3 Å². The van der Waals surface area contributed by atoms with E-state index in [2.05, 4.69) is 15.9 Å². The molecule has 0 spiro atoms. The number of aliphatic hydroxyl groups excluding tert-OH is 1. The standard InChI is InChI=1S/C11H14BrF2NO.ClH/c1-5(2)11(16)10(15)9-7(13)3-6(12)4-8(9)14;/h3-5,10-11,16H,15H2,1-2H3;1H/t10-,11+;/m0./s1. The van der Waals surface area contributed by atoms with Crippen molar-refractivity contribution in [1.29, 1.82) is 0 Å². The molecule has 1 aromatic rings. The highest BCUT2D eigenvalue weighted by Gasteiger charge is 2.26. The lowest BCUT2D eigenvalue weighted by Crippen LogP contribution is -2.32. The van der Waals surface area contributed by atoms with E-state index in [-0.39, 0.29) is 23.9 Å². The van der Waals surface area contributed by atoms with E-state index in [1.807, 2.05) is 0 Å². The number of aliphatic hydroxyl groups is 1. The van der Waals surface area contributed by atoms with Crippen molar-refractivity contribution < 1.29 is 13.9 Å². The quantitative estimate of drug-likeness (QED) is 0.894. The minimum Gasteiger partial charge on any atom is -0.391 e. The van der Waals surface area contributed by atoms with Gasteiger partial charge in [-0.2, -0.15) is 0 Å². The molecule has 0 radical (unpaired) electrons. The van der Waals surface area contributed by atoms with Crippen LogP contribution in [0.3, 0.4) is 0 Å².